The van der Waals surface area contributed by atoms with Gasteiger partial charge in [0.15, 0.2) is 0 Å². The van der Waals surface area contributed by atoms with Crippen LogP contribution in [0.4, 0.5) is 0 Å². The van der Waals surface area contributed by atoms with Crippen molar-refractivity contribution in [2.75, 3.05) is 0 Å². The van der Waals surface area contributed by atoms with E-state index in [-0.39, 0.29) is 12.0 Å². The molecule has 166 valence electrons. The average molecular weight is 467 g/mol. The van der Waals surface area contributed by atoms with Crippen LogP contribution in [0.5, 0.6) is 0 Å². The SMILES string of the molecule is O=C(O)Cc1cccc(-c2cc3cc(-c4ccc(-c5ccccn5)cc4)c(Cl)cc3[nH]c2=O)c1. The van der Waals surface area contributed by atoms with Crippen molar-refractivity contribution >= 4 is 28.5 Å². The molecule has 5 nitrogen and oxygen atoms in total. The van der Waals surface area contributed by atoms with Crippen LogP contribution in [0.2, 0.25) is 5.02 Å². The third kappa shape index (κ3) is 4.34. The van der Waals surface area contributed by atoms with Gasteiger partial charge in [-0.1, -0.05) is 66.2 Å². The molecule has 0 aliphatic rings. The first-order chi connectivity index (χ1) is 16.5. The zero-order chi connectivity index (χ0) is 23.7. The summed E-state index contributed by atoms with van der Waals surface area (Å²) in [5.74, 6) is -0.919. The van der Waals surface area contributed by atoms with Gasteiger partial charge >= 0.3 is 5.97 Å². The predicted molar refractivity (Wildman–Crippen MR) is 135 cm³/mol. The zero-order valence-electron chi connectivity index (χ0n) is 18.0. The summed E-state index contributed by atoms with van der Waals surface area (Å²) in [7, 11) is 0. The number of halogens is 1. The van der Waals surface area contributed by atoms with Crippen LogP contribution in [-0.2, 0) is 11.2 Å². The Morgan fingerprint density at radius 3 is 2.35 bits per heavy atom. The summed E-state index contributed by atoms with van der Waals surface area (Å²) in [6.45, 7) is 0. The molecule has 6 heteroatoms. The monoisotopic (exact) mass is 466 g/mol. The van der Waals surface area contributed by atoms with E-state index < -0.39 is 5.97 Å². The number of carbonyl (C=O) groups is 1. The fraction of sp³-hybridized carbons (Fsp3) is 0.0357. The van der Waals surface area contributed by atoms with Gasteiger partial charge in [-0.05, 0) is 52.4 Å². The Balaban J connectivity index is 1.56. The number of pyridine rings is 2. The molecule has 0 saturated carbocycles. The minimum atomic E-state index is -0.919. The Hall–Kier alpha value is -4.22. The topological polar surface area (TPSA) is 83.0 Å². The number of aliphatic carboxylic acids is 1. The number of hydrogen-bond donors (Lipinski definition) is 2. The molecule has 0 unspecified atom stereocenters. The van der Waals surface area contributed by atoms with Gasteiger partial charge in [0.2, 0.25) is 0 Å². The Kier molecular flexibility index (Phi) is 5.70. The second-order valence-corrected chi connectivity index (χ2v) is 8.40. The maximum Gasteiger partial charge on any atom is 0.307 e. The molecule has 0 saturated heterocycles. The Morgan fingerprint density at radius 2 is 1.62 bits per heavy atom. The van der Waals surface area contributed by atoms with E-state index in [9.17, 15) is 9.59 Å². The number of carboxylic acid groups (broad SMARTS) is 1. The van der Waals surface area contributed by atoms with E-state index >= 15 is 0 Å². The summed E-state index contributed by atoms with van der Waals surface area (Å²) in [6.07, 6.45) is 1.66. The quantitative estimate of drug-likeness (QED) is 0.323. The molecule has 0 fully saturated rings. The second-order valence-electron chi connectivity index (χ2n) is 7.99. The van der Waals surface area contributed by atoms with Crippen LogP contribution in [0.25, 0.3) is 44.4 Å². The number of benzene rings is 3. The number of rotatable bonds is 5. The van der Waals surface area contributed by atoms with Gasteiger partial charge in [0.25, 0.3) is 5.56 Å². The second kappa shape index (κ2) is 8.96. The van der Waals surface area contributed by atoms with E-state index in [1.54, 1.807) is 36.5 Å². The zero-order valence-corrected chi connectivity index (χ0v) is 18.7. The highest BCUT2D eigenvalue weighted by Crippen LogP contribution is 2.33. The summed E-state index contributed by atoms with van der Waals surface area (Å²) in [4.78, 5) is 31.2. The van der Waals surface area contributed by atoms with Gasteiger partial charge < -0.3 is 10.1 Å². The van der Waals surface area contributed by atoms with E-state index in [2.05, 4.69) is 9.97 Å². The standard InChI is InChI=1S/C28H19ClN2O3/c29-24-16-26-21(14-22(24)18-7-9-19(10-8-18)25-6-1-2-11-30-25)15-23(28(34)31-26)20-5-3-4-17(12-20)13-27(32)33/h1-12,14-16H,13H2,(H,31,34)(H,32,33). The molecule has 5 aromatic rings. The number of aromatic nitrogens is 2. The lowest BCUT2D eigenvalue weighted by Crippen LogP contribution is -2.09. The van der Waals surface area contributed by atoms with E-state index in [1.807, 2.05) is 54.6 Å². The molecule has 0 aliphatic carbocycles. The molecule has 0 aliphatic heterocycles. The van der Waals surface area contributed by atoms with Crippen LogP contribution in [-0.4, -0.2) is 21.0 Å². The Bertz CT molecular complexity index is 1580. The molecular formula is C28H19ClN2O3. The van der Waals surface area contributed by atoms with Crippen LogP contribution in [0.1, 0.15) is 5.56 Å². The maximum absolute atomic E-state index is 12.8. The van der Waals surface area contributed by atoms with Crippen molar-refractivity contribution in [3.05, 3.63) is 112 Å². The van der Waals surface area contributed by atoms with Gasteiger partial charge in [-0.15, -0.1) is 0 Å². The highest BCUT2D eigenvalue weighted by atomic mass is 35.5. The normalized spacial score (nSPS) is 11.0. The van der Waals surface area contributed by atoms with Gasteiger partial charge in [0.05, 0.1) is 17.1 Å². The number of hydrogen-bond acceptors (Lipinski definition) is 3. The van der Waals surface area contributed by atoms with Crippen molar-refractivity contribution in [2.24, 2.45) is 0 Å². The van der Waals surface area contributed by atoms with Gasteiger partial charge in [-0.2, -0.15) is 0 Å². The lowest BCUT2D eigenvalue weighted by Gasteiger charge is -2.10. The van der Waals surface area contributed by atoms with Crippen molar-refractivity contribution in [3.8, 4) is 33.5 Å². The third-order valence-corrected chi connectivity index (χ3v) is 5.99. The lowest BCUT2D eigenvalue weighted by molar-refractivity contribution is -0.136. The van der Waals surface area contributed by atoms with Crippen molar-refractivity contribution in [3.63, 3.8) is 0 Å². The van der Waals surface area contributed by atoms with Gasteiger partial charge in [-0.3, -0.25) is 14.6 Å². The van der Waals surface area contributed by atoms with Crippen LogP contribution in [0, 0.1) is 0 Å². The number of H-pyrrole nitrogens is 1. The molecule has 0 radical (unpaired) electrons. The molecule has 2 N–H and O–H groups in total. The van der Waals surface area contributed by atoms with Crippen molar-refractivity contribution in [1.82, 2.24) is 9.97 Å². The van der Waals surface area contributed by atoms with E-state index in [0.717, 1.165) is 27.8 Å². The molecule has 0 atom stereocenters. The number of nitrogens with one attached hydrogen (secondary N) is 1. The van der Waals surface area contributed by atoms with Gasteiger partial charge in [0, 0.05) is 28.4 Å². The van der Waals surface area contributed by atoms with Crippen LogP contribution < -0.4 is 5.56 Å². The number of carboxylic acids is 1. The van der Waals surface area contributed by atoms with Crippen molar-refractivity contribution < 1.29 is 9.90 Å². The molecule has 0 bridgehead atoms. The van der Waals surface area contributed by atoms with Gasteiger partial charge in [0.1, 0.15) is 0 Å². The summed E-state index contributed by atoms with van der Waals surface area (Å²) in [5, 5.41) is 10.4. The molecule has 2 aromatic heterocycles. The lowest BCUT2D eigenvalue weighted by atomic mass is 9.98. The molecule has 2 heterocycles. The summed E-state index contributed by atoms with van der Waals surface area (Å²) in [5.41, 5.74) is 5.84. The largest absolute Gasteiger partial charge is 0.481 e. The van der Waals surface area contributed by atoms with Crippen LogP contribution in [0.15, 0.2) is 95.9 Å². The Labute approximate surface area is 200 Å². The minimum Gasteiger partial charge on any atom is -0.481 e. The minimum absolute atomic E-state index is 0.104. The highest BCUT2D eigenvalue weighted by molar-refractivity contribution is 6.34. The Morgan fingerprint density at radius 1 is 0.853 bits per heavy atom. The average Bonchev–Trinajstić information content (AvgIpc) is 2.84. The molecular weight excluding hydrogens is 448 g/mol. The number of aromatic amines is 1. The smallest absolute Gasteiger partial charge is 0.307 e. The maximum atomic E-state index is 12.8. The molecule has 34 heavy (non-hydrogen) atoms. The van der Waals surface area contributed by atoms with Crippen molar-refractivity contribution in [1.29, 1.82) is 0 Å². The third-order valence-electron chi connectivity index (χ3n) is 5.68. The van der Waals surface area contributed by atoms with E-state index in [4.69, 9.17) is 16.7 Å². The summed E-state index contributed by atoms with van der Waals surface area (Å²) < 4.78 is 0. The predicted octanol–water partition coefficient (Wildman–Crippen LogP) is 6.20. The first-order valence-electron chi connectivity index (χ1n) is 10.7. The fourth-order valence-corrected chi connectivity index (χ4v) is 4.31. The fourth-order valence-electron chi connectivity index (χ4n) is 4.04. The number of fused-ring (bicyclic) bond motifs is 1. The first-order valence-corrected chi connectivity index (χ1v) is 11.1. The van der Waals surface area contributed by atoms with E-state index in [0.29, 0.717) is 27.2 Å². The molecule has 3 aromatic carbocycles. The van der Waals surface area contributed by atoms with Crippen LogP contribution >= 0.6 is 11.6 Å². The summed E-state index contributed by atoms with van der Waals surface area (Å²) >= 11 is 6.58. The highest BCUT2D eigenvalue weighted by Gasteiger charge is 2.12. The van der Waals surface area contributed by atoms with Crippen molar-refractivity contribution in [2.45, 2.75) is 6.42 Å². The molecule has 5 rings (SSSR count). The van der Waals surface area contributed by atoms with Crippen LogP contribution in [0.3, 0.4) is 0 Å². The van der Waals surface area contributed by atoms with E-state index in [1.165, 1.54) is 0 Å². The van der Waals surface area contributed by atoms with Gasteiger partial charge in [-0.25, -0.2) is 0 Å². The first kappa shape index (κ1) is 21.6. The summed E-state index contributed by atoms with van der Waals surface area (Å²) in [6, 6.07) is 26.4. The molecule has 0 spiro atoms. The number of nitrogens with zero attached hydrogens (tertiary/aromatic N) is 1. The molecule has 0 amide bonds.